The molecule has 0 unspecified atom stereocenters. The minimum atomic E-state index is -0.451. The normalized spacial score (nSPS) is 13.5. The third kappa shape index (κ3) is 4.05. The zero-order chi connectivity index (χ0) is 23.7. The van der Waals surface area contributed by atoms with Crippen molar-refractivity contribution in [1.29, 1.82) is 0 Å². The highest BCUT2D eigenvalue weighted by atomic mass is 35.5. The monoisotopic (exact) mass is 462 g/mol. The van der Waals surface area contributed by atoms with Crippen LogP contribution in [-0.4, -0.2) is 26.0 Å². The SMILES string of the molecule is COc1ccc(C2=C(Nc3cccc(Cl)c3C)C(=O)N(c3ccc(C)cc3)C2=O)cc1OC. The fourth-order valence-electron chi connectivity index (χ4n) is 3.71. The van der Waals surface area contributed by atoms with E-state index in [-0.39, 0.29) is 11.3 Å². The van der Waals surface area contributed by atoms with Crippen LogP contribution in [0, 0.1) is 13.8 Å². The number of anilines is 2. The van der Waals surface area contributed by atoms with Gasteiger partial charge in [-0.05, 0) is 61.4 Å². The van der Waals surface area contributed by atoms with Crippen LogP contribution >= 0.6 is 11.6 Å². The molecule has 0 atom stereocenters. The van der Waals surface area contributed by atoms with Crippen LogP contribution in [0.3, 0.4) is 0 Å². The Balaban J connectivity index is 1.87. The number of hydrogen-bond acceptors (Lipinski definition) is 5. The molecule has 1 heterocycles. The lowest BCUT2D eigenvalue weighted by Crippen LogP contribution is -2.32. The van der Waals surface area contributed by atoms with Crippen LogP contribution in [0.15, 0.2) is 66.4 Å². The van der Waals surface area contributed by atoms with Gasteiger partial charge >= 0.3 is 0 Å². The van der Waals surface area contributed by atoms with Gasteiger partial charge in [-0.15, -0.1) is 0 Å². The van der Waals surface area contributed by atoms with Crippen LogP contribution < -0.4 is 19.7 Å². The first kappa shape index (κ1) is 22.4. The molecule has 0 radical (unpaired) electrons. The number of aryl methyl sites for hydroxylation is 1. The van der Waals surface area contributed by atoms with Gasteiger partial charge in [0.15, 0.2) is 11.5 Å². The predicted molar refractivity (Wildman–Crippen MR) is 130 cm³/mol. The van der Waals surface area contributed by atoms with E-state index in [1.807, 2.05) is 32.0 Å². The Morgan fingerprint density at radius 3 is 2.21 bits per heavy atom. The van der Waals surface area contributed by atoms with Crippen molar-refractivity contribution in [1.82, 2.24) is 0 Å². The summed E-state index contributed by atoms with van der Waals surface area (Å²) >= 11 is 6.28. The Bertz CT molecular complexity index is 1280. The van der Waals surface area contributed by atoms with Crippen molar-refractivity contribution in [2.24, 2.45) is 0 Å². The second kappa shape index (κ2) is 9.00. The summed E-state index contributed by atoms with van der Waals surface area (Å²) in [4.78, 5) is 28.4. The summed E-state index contributed by atoms with van der Waals surface area (Å²) in [6.45, 7) is 3.79. The largest absolute Gasteiger partial charge is 0.493 e. The van der Waals surface area contributed by atoms with E-state index < -0.39 is 11.8 Å². The standard InChI is InChI=1S/C26H23ClN2O4/c1-15-8-11-18(12-9-15)29-25(30)23(17-10-13-21(32-3)22(14-17)33-4)24(26(29)31)28-20-7-5-6-19(27)16(20)2/h5-14,28H,1-4H3. The van der Waals surface area contributed by atoms with Gasteiger partial charge in [-0.25, -0.2) is 4.90 Å². The summed E-state index contributed by atoms with van der Waals surface area (Å²) in [6.07, 6.45) is 0. The highest BCUT2D eigenvalue weighted by molar-refractivity contribution is 6.46. The van der Waals surface area contributed by atoms with E-state index in [1.54, 1.807) is 42.5 Å². The minimum absolute atomic E-state index is 0.165. The Morgan fingerprint density at radius 2 is 1.55 bits per heavy atom. The maximum atomic E-state index is 13.6. The van der Waals surface area contributed by atoms with Gasteiger partial charge in [-0.3, -0.25) is 9.59 Å². The van der Waals surface area contributed by atoms with E-state index >= 15 is 0 Å². The molecule has 3 aromatic carbocycles. The van der Waals surface area contributed by atoms with E-state index in [0.29, 0.717) is 33.5 Å². The fourth-order valence-corrected chi connectivity index (χ4v) is 3.89. The lowest BCUT2D eigenvalue weighted by Gasteiger charge is -2.16. The van der Waals surface area contributed by atoms with Crippen LogP contribution in [0.5, 0.6) is 11.5 Å². The third-order valence-electron chi connectivity index (χ3n) is 5.58. The van der Waals surface area contributed by atoms with Crippen molar-refractivity contribution in [3.05, 3.63) is 88.1 Å². The number of ether oxygens (including phenoxy) is 2. The van der Waals surface area contributed by atoms with E-state index in [0.717, 1.165) is 11.1 Å². The zero-order valence-corrected chi connectivity index (χ0v) is 19.5. The van der Waals surface area contributed by atoms with Crippen LogP contribution in [0.4, 0.5) is 11.4 Å². The summed E-state index contributed by atoms with van der Waals surface area (Å²) in [5, 5.41) is 3.72. The Labute approximate surface area is 197 Å². The summed E-state index contributed by atoms with van der Waals surface area (Å²) in [5.41, 5.74) is 3.86. The van der Waals surface area contributed by atoms with Crippen LogP contribution in [0.2, 0.25) is 5.02 Å². The molecule has 0 fully saturated rings. The summed E-state index contributed by atoms with van der Waals surface area (Å²) in [5.74, 6) is 0.0929. The minimum Gasteiger partial charge on any atom is -0.493 e. The number of carbonyl (C=O) groups is 2. The number of nitrogens with zero attached hydrogens (tertiary/aromatic N) is 1. The molecular formula is C26H23ClN2O4. The fraction of sp³-hybridized carbons (Fsp3) is 0.154. The van der Waals surface area contributed by atoms with E-state index in [1.165, 1.54) is 19.1 Å². The van der Waals surface area contributed by atoms with Crippen LogP contribution in [0.1, 0.15) is 16.7 Å². The molecule has 6 nitrogen and oxygen atoms in total. The van der Waals surface area contributed by atoms with Gasteiger partial charge < -0.3 is 14.8 Å². The van der Waals surface area contributed by atoms with Crippen molar-refractivity contribution in [2.45, 2.75) is 13.8 Å². The van der Waals surface area contributed by atoms with Crippen molar-refractivity contribution in [3.8, 4) is 11.5 Å². The molecule has 3 aromatic rings. The van der Waals surface area contributed by atoms with Crippen molar-refractivity contribution in [2.75, 3.05) is 24.4 Å². The quantitative estimate of drug-likeness (QED) is 0.499. The van der Waals surface area contributed by atoms with Gasteiger partial charge in [0.05, 0.1) is 25.5 Å². The molecule has 0 aliphatic carbocycles. The average Bonchev–Trinajstić information content (AvgIpc) is 3.06. The maximum absolute atomic E-state index is 13.6. The second-order valence-electron chi connectivity index (χ2n) is 7.64. The molecule has 1 aliphatic heterocycles. The Morgan fingerprint density at radius 1 is 0.848 bits per heavy atom. The van der Waals surface area contributed by atoms with Crippen LogP contribution in [0.25, 0.3) is 5.57 Å². The average molecular weight is 463 g/mol. The lowest BCUT2D eigenvalue weighted by atomic mass is 10.0. The predicted octanol–water partition coefficient (Wildman–Crippen LogP) is 5.37. The first-order valence-electron chi connectivity index (χ1n) is 10.3. The molecule has 168 valence electrons. The number of nitrogens with one attached hydrogen (secondary N) is 1. The van der Waals surface area contributed by atoms with Crippen molar-refractivity contribution < 1.29 is 19.1 Å². The Kier molecular flexibility index (Phi) is 6.11. The molecule has 1 aliphatic rings. The molecule has 4 rings (SSSR count). The summed E-state index contributed by atoms with van der Waals surface area (Å²) < 4.78 is 10.7. The summed E-state index contributed by atoms with van der Waals surface area (Å²) in [6, 6.07) is 17.7. The second-order valence-corrected chi connectivity index (χ2v) is 8.05. The van der Waals surface area contributed by atoms with Crippen LogP contribution in [-0.2, 0) is 9.59 Å². The first-order valence-corrected chi connectivity index (χ1v) is 10.7. The molecule has 1 N–H and O–H groups in total. The van der Waals surface area contributed by atoms with Gasteiger partial charge in [0.1, 0.15) is 5.70 Å². The van der Waals surface area contributed by atoms with Crippen molar-refractivity contribution >= 4 is 40.4 Å². The molecular weight excluding hydrogens is 440 g/mol. The smallest absolute Gasteiger partial charge is 0.282 e. The van der Waals surface area contributed by atoms with Gasteiger partial charge in [0, 0.05) is 10.7 Å². The van der Waals surface area contributed by atoms with E-state index in [9.17, 15) is 9.59 Å². The highest BCUT2D eigenvalue weighted by Gasteiger charge is 2.40. The number of carbonyl (C=O) groups excluding carboxylic acids is 2. The molecule has 0 bridgehead atoms. The van der Waals surface area contributed by atoms with Gasteiger partial charge in [-0.1, -0.05) is 41.4 Å². The first-order chi connectivity index (χ1) is 15.8. The number of halogens is 1. The molecule has 0 spiro atoms. The molecule has 2 amide bonds. The zero-order valence-electron chi connectivity index (χ0n) is 18.7. The van der Waals surface area contributed by atoms with E-state index in [2.05, 4.69) is 5.32 Å². The van der Waals surface area contributed by atoms with E-state index in [4.69, 9.17) is 21.1 Å². The van der Waals surface area contributed by atoms with Gasteiger partial charge in [0.2, 0.25) is 0 Å². The molecule has 33 heavy (non-hydrogen) atoms. The number of benzene rings is 3. The number of hydrogen-bond donors (Lipinski definition) is 1. The van der Waals surface area contributed by atoms with Crippen molar-refractivity contribution in [3.63, 3.8) is 0 Å². The molecule has 0 saturated carbocycles. The Hall–Kier alpha value is -3.77. The highest BCUT2D eigenvalue weighted by Crippen LogP contribution is 2.38. The third-order valence-corrected chi connectivity index (χ3v) is 5.99. The topological polar surface area (TPSA) is 67.9 Å². The molecule has 7 heteroatoms. The summed E-state index contributed by atoms with van der Waals surface area (Å²) in [7, 11) is 3.06. The maximum Gasteiger partial charge on any atom is 0.282 e. The van der Waals surface area contributed by atoms with Gasteiger partial charge in [-0.2, -0.15) is 0 Å². The molecule has 0 saturated heterocycles. The number of methoxy groups -OCH3 is 2. The lowest BCUT2D eigenvalue weighted by molar-refractivity contribution is -0.120. The molecule has 0 aromatic heterocycles. The van der Waals surface area contributed by atoms with Gasteiger partial charge in [0.25, 0.3) is 11.8 Å². The number of imide groups is 1. The number of rotatable bonds is 6. The number of amides is 2.